The van der Waals surface area contributed by atoms with Crippen LogP contribution in [-0.2, 0) is 4.79 Å². The van der Waals surface area contributed by atoms with E-state index in [1.807, 2.05) is 64.4 Å². The summed E-state index contributed by atoms with van der Waals surface area (Å²) in [7, 11) is 0. The van der Waals surface area contributed by atoms with Crippen LogP contribution in [0, 0.1) is 6.92 Å². The molecule has 1 saturated heterocycles. The molecule has 6 rings (SSSR count). The number of benzene rings is 3. The van der Waals surface area contributed by atoms with Crippen LogP contribution in [0.15, 0.2) is 84.9 Å². The predicted octanol–water partition coefficient (Wildman–Crippen LogP) is 4.43. The minimum absolute atomic E-state index is 0.0511. The fourth-order valence-corrected chi connectivity index (χ4v) is 5.28. The Morgan fingerprint density at radius 2 is 1.71 bits per heavy atom. The van der Waals surface area contributed by atoms with E-state index in [4.69, 9.17) is 11.6 Å². The molecule has 0 radical (unpaired) electrons. The van der Waals surface area contributed by atoms with E-state index in [9.17, 15) is 4.79 Å². The van der Waals surface area contributed by atoms with Crippen molar-refractivity contribution >= 4 is 34.8 Å². The monoisotopic (exact) mass is 525 g/mol. The van der Waals surface area contributed by atoms with Crippen LogP contribution >= 0.6 is 11.6 Å². The first-order chi connectivity index (χ1) is 18.6. The molecular weight excluding hydrogens is 498 g/mol. The van der Waals surface area contributed by atoms with Gasteiger partial charge >= 0.3 is 0 Å². The Hall–Kier alpha value is -4.17. The second-order valence-electron chi connectivity index (χ2n) is 9.63. The molecule has 38 heavy (non-hydrogen) atoms. The lowest BCUT2D eigenvalue weighted by molar-refractivity contribution is -0.129. The van der Waals surface area contributed by atoms with Crippen molar-refractivity contribution in [3.63, 3.8) is 0 Å². The van der Waals surface area contributed by atoms with Gasteiger partial charge in [-0.15, -0.1) is 0 Å². The van der Waals surface area contributed by atoms with Crippen LogP contribution in [-0.4, -0.2) is 63.7 Å². The lowest BCUT2D eigenvalue weighted by Gasteiger charge is -2.38. The van der Waals surface area contributed by atoms with Gasteiger partial charge in [0.15, 0.2) is 0 Å². The van der Waals surface area contributed by atoms with Crippen LogP contribution in [0.5, 0.6) is 0 Å². The fraction of sp³-hybridized carbons (Fsp3) is 0.241. The van der Waals surface area contributed by atoms with Crippen LogP contribution < -0.4 is 9.80 Å². The number of aryl methyl sites for hydroxylation is 1. The van der Waals surface area contributed by atoms with Crippen molar-refractivity contribution in [2.75, 3.05) is 42.5 Å². The van der Waals surface area contributed by atoms with Crippen LogP contribution in [0.3, 0.4) is 0 Å². The molecular formula is C29H28ClN7O. The summed E-state index contributed by atoms with van der Waals surface area (Å²) >= 11 is 6.14. The molecule has 1 fully saturated rings. The summed E-state index contributed by atoms with van der Waals surface area (Å²) < 4.78 is 1.76. The van der Waals surface area contributed by atoms with E-state index >= 15 is 0 Å². The number of hydrogen-bond donors (Lipinski definition) is 0. The molecule has 0 bridgehead atoms. The highest BCUT2D eigenvalue weighted by molar-refractivity contribution is 6.30. The van der Waals surface area contributed by atoms with Gasteiger partial charge in [-0.2, -0.15) is 4.68 Å². The zero-order valence-corrected chi connectivity index (χ0v) is 21.9. The standard InChI is InChI=1S/C29H28ClN7O/c1-21-6-5-9-25(18-21)34-14-16-35(17-15-34)28(38)20-36-26(22-7-3-2-4-8-22)19-27(37-29(36)31-32-33-37)23-10-12-24(30)13-11-23/h2-13,18-19,27H,14-17,20H2,1H3/t27-/m1/s1. The number of hydrogen-bond acceptors (Lipinski definition) is 6. The molecule has 3 heterocycles. The normalized spacial score (nSPS) is 17.3. The third-order valence-electron chi connectivity index (χ3n) is 7.16. The Kier molecular flexibility index (Phi) is 6.55. The van der Waals surface area contributed by atoms with Crippen LogP contribution in [0.25, 0.3) is 5.70 Å². The number of fused-ring (bicyclic) bond motifs is 1. The van der Waals surface area contributed by atoms with E-state index in [0.717, 1.165) is 29.9 Å². The number of anilines is 2. The van der Waals surface area contributed by atoms with Gasteiger partial charge in [0.1, 0.15) is 12.6 Å². The Morgan fingerprint density at radius 3 is 2.45 bits per heavy atom. The number of allylic oxidation sites excluding steroid dienone is 1. The number of rotatable bonds is 5. The summed E-state index contributed by atoms with van der Waals surface area (Å²) in [6.45, 7) is 5.19. The van der Waals surface area contributed by atoms with Gasteiger partial charge in [0.05, 0.1) is 5.70 Å². The quantitative estimate of drug-likeness (QED) is 0.384. The summed E-state index contributed by atoms with van der Waals surface area (Å²) in [4.78, 5) is 19.8. The van der Waals surface area contributed by atoms with Crippen molar-refractivity contribution in [1.82, 2.24) is 25.1 Å². The van der Waals surface area contributed by atoms with E-state index in [2.05, 4.69) is 57.7 Å². The van der Waals surface area contributed by atoms with Gasteiger partial charge in [0.25, 0.3) is 5.95 Å². The minimum atomic E-state index is -0.225. The number of amides is 1. The lowest BCUT2D eigenvalue weighted by atomic mass is 10.0. The first-order valence-corrected chi connectivity index (χ1v) is 13.1. The van der Waals surface area contributed by atoms with Gasteiger partial charge in [-0.3, -0.25) is 9.69 Å². The molecule has 1 aromatic heterocycles. The molecule has 3 aromatic carbocycles. The molecule has 0 N–H and O–H groups in total. The van der Waals surface area contributed by atoms with Gasteiger partial charge < -0.3 is 9.80 Å². The van der Waals surface area contributed by atoms with Crippen molar-refractivity contribution in [3.8, 4) is 0 Å². The Bertz CT molecular complexity index is 1460. The smallest absolute Gasteiger partial charge is 0.251 e. The predicted molar refractivity (Wildman–Crippen MR) is 149 cm³/mol. The maximum atomic E-state index is 13.6. The Balaban J connectivity index is 1.26. The number of halogens is 1. The number of aromatic nitrogens is 4. The molecule has 2 aliphatic rings. The van der Waals surface area contributed by atoms with Crippen LogP contribution in [0.1, 0.15) is 22.7 Å². The third kappa shape index (κ3) is 4.75. The molecule has 2 aliphatic heterocycles. The molecule has 0 spiro atoms. The van der Waals surface area contributed by atoms with Crippen molar-refractivity contribution < 1.29 is 4.79 Å². The van der Waals surface area contributed by atoms with E-state index in [1.54, 1.807) is 4.68 Å². The van der Waals surface area contributed by atoms with Gasteiger partial charge in [-0.1, -0.05) is 71.3 Å². The second-order valence-corrected chi connectivity index (χ2v) is 10.1. The van der Waals surface area contributed by atoms with E-state index < -0.39 is 0 Å². The second kappa shape index (κ2) is 10.3. The largest absolute Gasteiger partial charge is 0.368 e. The minimum Gasteiger partial charge on any atom is -0.368 e. The highest BCUT2D eigenvalue weighted by atomic mass is 35.5. The Morgan fingerprint density at radius 1 is 0.947 bits per heavy atom. The topological polar surface area (TPSA) is 70.4 Å². The molecule has 4 aromatic rings. The molecule has 9 heteroatoms. The van der Waals surface area contributed by atoms with Gasteiger partial charge in [0, 0.05) is 36.9 Å². The number of carbonyl (C=O) groups excluding carboxylic acids is 1. The van der Waals surface area contributed by atoms with E-state index in [1.165, 1.54) is 11.3 Å². The third-order valence-corrected chi connectivity index (χ3v) is 7.41. The summed E-state index contributed by atoms with van der Waals surface area (Å²) in [5.41, 5.74) is 5.35. The molecule has 8 nitrogen and oxygen atoms in total. The maximum absolute atomic E-state index is 13.6. The summed E-state index contributed by atoms with van der Waals surface area (Å²) in [6, 6.07) is 26.0. The molecule has 1 atom stereocenters. The van der Waals surface area contributed by atoms with Gasteiger partial charge in [0.2, 0.25) is 5.91 Å². The summed E-state index contributed by atoms with van der Waals surface area (Å²) in [5, 5.41) is 13.3. The highest BCUT2D eigenvalue weighted by Gasteiger charge is 2.33. The first-order valence-electron chi connectivity index (χ1n) is 12.7. The summed E-state index contributed by atoms with van der Waals surface area (Å²) in [6.07, 6.45) is 2.12. The first kappa shape index (κ1) is 24.2. The molecule has 0 aliphatic carbocycles. The highest BCUT2D eigenvalue weighted by Crippen LogP contribution is 2.36. The van der Waals surface area contributed by atoms with Gasteiger partial charge in [-0.25, -0.2) is 0 Å². The summed E-state index contributed by atoms with van der Waals surface area (Å²) in [5.74, 6) is 0.591. The van der Waals surface area contributed by atoms with Crippen molar-refractivity contribution in [1.29, 1.82) is 0 Å². The van der Waals surface area contributed by atoms with Crippen LogP contribution in [0.4, 0.5) is 11.6 Å². The zero-order valence-electron chi connectivity index (χ0n) is 21.1. The van der Waals surface area contributed by atoms with E-state index in [0.29, 0.717) is 24.1 Å². The van der Waals surface area contributed by atoms with Crippen molar-refractivity contribution in [2.24, 2.45) is 0 Å². The number of piperazine rings is 1. The van der Waals surface area contributed by atoms with Crippen molar-refractivity contribution in [3.05, 3.63) is 107 Å². The number of nitrogens with zero attached hydrogens (tertiary/aromatic N) is 7. The van der Waals surface area contributed by atoms with Crippen molar-refractivity contribution in [2.45, 2.75) is 13.0 Å². The molecule has 1 amide bonds. The zero-order chi connectivity index (χ0) is 26.1. The molecule has 192 valence electrons. The van der Waals surface area contributed by atoms with E-state index in [-0.39, 0.29) is 18.5 Å². The SMILES string of the molecule is Cc1cccc(N2CCN(C(=O)CN3C(c4ccccc4)=C[C@H](c4ccc(Cl)cc4)n4nnnc43)CC2)c1. The number of carbonyl (C=O) groups is 1. The Labute approximate surface area is 226 Å². The maximum Gasteiger partial charge on any atom is 0.251 e. The van der Waals surface area contributed by atoms with Gasteiger partial charge in [-0.05, 0) is 64.4 Å². The molecule has 0 unspecified atom stereocenters. The average Bonchev–Trinajstić information content (AvgIpc) is 3.45. The van der Waals surface area contributed by atoms with Crippen LogP contribution in [0.2, 0.25) is 5.02 Å². The lowest BCUT2D eigenvalue weighted by Crippen LogP contribution is -2.51. The molecule has 0 saturated carbocycles. The number of tetrazole rings is 1. The average molecular weight is 526 g/mol. The fourth-order valence-electron chi connectivity index (χ4n) is 5.15.